The van der Waals surface area contributed by atoms with Crippen LogP contribution in [0.15, 0.2) is 48.5 Å². The molecule has 0 unspecified atom stereocenters. The summed E-state index contributed by atoms with van der Waals surface area (Å²) in [4.78, 5) is 9.45. The summed E-state index contributed by atoms with van der Waals surface area (Å²) in [7, 11) is 1.68. The fourth-order valence-electron chi connectivity index (χ4n) is 3.49. The number of ether oxygens (including phenoxy) is 1. The first-order valence-electron chi connectivity index (χ1n) is 8.85. The van der Waals surface area contributed by atoms with Gasteiger partial charge in [0.15, 0.2) is 0 Å². The molecule has 134 valence electrons. The zero-order valence-electron chi connectivity index (χ0n) is 15.1. The van der Waals surface area contributed by atoms with Crippen LogP contribution in [0.5, 0.6) is 5.75 Å². The molecule has 3 aromatic rings. The predicted octanol–water partition coefficient (Wildman–Crippen LogP) is 4.02. The molecule has 2 aromatic carbocycles. The summed E-state index contributed by atoms with van der Waals surface area (Å²) in [6.07, 6.45) is 0. The Morgan fingerprint density at radius 2 is 1.62 bits per heavy atom. The molecule has 0 aliphatic carbocycles. The van der Waals surface area contributed by atoms with Gasteiger partial charge in [0.05, 0.1) is 12.6 Å². The van der Waals surface area contributed by atoms with Crippen LogP contribution in [0.25, 0.3) is 10.9 Å². The van der Waals surface area contributed by atoms with E-state index in [1.54, 1.807) is 7.11 Å². The van der Waals surface area contributed by atoms with E-state index in [1.165, 1.54) is 17.7 Å². The summed E-state index contributed by atoms with van der Waals surface area (Å²) in [6.45, 7) is 5.69. The van der Waals surface area contributed by atoms with E-state index in [-0.39, 0.29) is 5.82 Å². The Hall–Kier alpha value is -2.82. The van der Waals surface area contributed by atoms with Crippen molar-refractivity contribution in [2.45, 2.75) is 6.92 Å². The molecule has 4 rings (SSSR count). The highest BCUT2D eigenvalue weighted by Crippen LogP contribution is 2.27. The molecule has 2 heterocycles. The van der Waals surface area contributed by atoms with Gasteiger partial charge in [-0.3, -0.25) is 0 Å². The Kier molecular flexibility index (Phi) is 4.37. The van der Waals surface area contributed by atoms with Crippen LogP contribution < -0.4 is 14.5 Å². The summed E-state index contributed by atoms with van der Waals surface area (Å²) in [5, 5.41) is 1.12. The van der Waals surface area contributed by atoms with Gasteiger partial charge in [0.25, 0.3) is 0 Å². The number of rotatable bonds is 3. The van der Waals surface area contributed by atoms with E-state index in [0.717, 1.165) is 54.3 Å². The molecule has 4 nitrogen and oxygen atoms in total. The molecular formula is C21H22FN3O. The highest BCUT2D eigenvalue weighted by Gasteiger charge is 2.19. The minimum Gasteiger partial charge on any atom is -0.497 e. The van der Waals surface area contributed by atoms with Gasteiger partial charge in [-0.15, -0.1) is 0 Å². The van der Waals surface area contributed by atoms with Crippen LogP contribution in [-0.2, 0) is 0 Å². The van der Waals surface area contributed by atoms with Gasteiger partial charge in [-0.25, -0.2) is 9.37 Å². The highest BCUT2D eigenvalue weighted by atomic mass is 19.1. The second kappa shape index (κ2) is 6.83. The smallest absolute Gasteiger partial charge is 0.129 e. The summed E-state index contributed by atoms with van der Waals surface area (Å²) >= 11 is 0. The van der Waals surface area contributed by atoms with Crippen LogP contribution in [0.4, 0.5) is 15.9 Å². The summed E-state index contributed by atoms with van der Waals surface area (Å²) in [6, 6.07) is 14.9. The van der Waals surface area contributed by atoms with Crippen LogP contribution in [0.1, 0.15) is 5.56 Å². The molecule has 0 saturated carbocycles. The van der Waals surface area contributed by atoms with Crippen LogP contribution >= 0.6 is 0 Å². The number of piperazine rings is 1. The number of pyridine rings is 1. The monoisotopic (exact) mass is 351 g/mol. The molecule has 0 radical (unpaired) electrons. The highest BCUT2D eigenvalue weighted by molar-refractivity contribution is 5.85. The summed E-state index contributed by atoms with van der Waals surface area (Å²) < 4.78 is 18.4. The van der Waals surface area contributed by atoms with Crippen molar-refractivity contribution in [3.63, 3.8) is 0 Å². The first-order chi connectivity index (χ1) is 12.6. The van der Waals surface area contributed by atoms with Crippen LogP contribution in [-0.4, -0.2) is 38.3 Å². The first-order valence-corrected chi connectivity index (χ1v) is 8.85. The van der Waals surface area contributed by atoms with Crippen LogP contribution in [0, 0.1) is 12.7 Å². The van der Waals surface area contributed by atoms with Crippen molar-refractivity contribution in [3.8, 4) is 5.75 Å². The second-order valence-electron chi connectivity index (χ2n) is 6.63. The van der Waals surface area contributed by atoms with Crippen molar-refractivity contribution in [1.29, 1.82) is 0 Å². The van der Waals surface area contributed by atoms with E-state index >= 15 is 0 Å². The van der Waals surface area contributed by atoms with Crippen molar-refractivity contribution in [2.75, 3.05) is 43.1 Å². The van der Waals surface area contributed by atoms with Crippen molar-refractivity contribution >= 4 is 22.4 Å². The van der Waals surface area contributed by atoms with Crippen molar-refractivity contribution in [2.24, 2.45) is 0 Å². The number of nitrogens with zero attached hydrogens (tertiary/aromatic N) is 3. The number of benzene rings is 2. The average Bonchev–Trinajstić information content (AvgIpc) is 2.68. The van der Waals surface area contributed by atoms with Gasteiger partial charge in [0, 0.05) is 37.3 Å². The molecule has 0 amide bonds. The van der Waals surface area contributed by atoms with Crippen LogP contribution in [0.2, 0.25) is 0 Å². The Morgan fingerprint density at radius 3 is 2.31 bits per heavy atom. The normalized spacial score (nSPS) is 14.7. The van der Waals surface area contributed by atoms with Gasteiger partial charge in [0.1, 0.15) is 17.4 Å². The molecule has 1 fully saturated rings. The molecule has 0 bridgehead atoms. The maximum Gasteiger partial charge on any atom is 0.129 e. The quantitative estimate of drug-likeness (QED) is 0.713. The lowest BCUT2D eigenvalue weighted by molar-refractivity contribution is 0.415. The number of aryl methyl sites for hydroxylation is 1. The molecular weight excluding hydrogens is 329 g/mol. The predicted molar refractivity (Wildman–Crippen MR) is 104 cm³/mol. The van der Waals surface area contributed by atoms with Crippen molar-refractivity contribution < 1.29 is 9.13 Å². The third kappa shape index (κ3) is 3.17. The van der Waals surface area contributed by atoms with E-state index in [9.17, 15) is 4.39 Å². The first kappa shape index (κ1) is 16.6. The molecule has 0 N–H and O–H groups in total. The minimum atomic E-state index is -0.195. The van der Waals surface area contributed by atoms with Gasteiger partial charge in [0.2, 0.25) is 0 Å². The number of hydrogen-bond donors (Lipinski definition) is 0. The molecule has 26 heavy (non-hydrogen) atoms. The van der Waals surface area contributed by atoms with E-state index < -0.39 is 0 Å². The Labute approximate surface area is 152 Å². The third-order valence-electron chi connectivity index (χ3n) is 5.00. The van der Waals surface area contributed by atoms with E-state index in [1.807, 2.05) is 30.3 Å². The molecule has 0 spiro atoms. The molecule has 5 heteroatoms. The van der Waals surface area contributed by atoms with Gasteiger partial charge in [-0.2, -0.15) is 0 Å². The molecule has 0 atom stereocenters. The molecule has 1 aliphatic heterocycles. The zero-order valence-corrected chi connectivity index (χ0v) is 15.1. The largest absolute Gasteiger partial charge is 0.497 e. The number of aromatic nitrogens is 1. The molecule has 1 aromatic heterocycles. The number of anilines is 2. The van der Waals surface area contributed by atoms with Gasteiger partial charge in [-0.1, -0.05) is 0 Å². The number of hydrogen-bond acceptors (Lipinski definition) is 4. The fraction of sp³-hybridized carbons (Fsp3) is 0.286. The van der Waals surface area contributed by atoms with Gasteiger partial charge >= 0.3 is 0 Å². The molecule has 1 aliphatic rings. The number of methoxy groups -OCH3 is 1. The summed E-state index contributed by atoms with van der Waals surface area (Å²) in [5.41, 5.74) is 3.26. The second-order valence-corrected chi connectivity index (χ2v) is 6.63. The lowest BCUT2D eigenvalue weighted by Crippen LogP contribution is -2.46. The number of halogens is 1. The Morgan fingerprint density at radius 1 is 0.923 bits per heavy atom. The maximum absolute atomic E-state index is 13.1. The zero-order chi connectivity index (χ0) is 18.1. The van der Waals surface area contributed by atoms with Crippen molar-refractivity contribution in [1.82, 2.24) is 4.98 Å². The average molecular weight is 351 g/mol. The topological polar surface area (TPSA) is 28.6 Å². The van der Waals surface area contributed by atoms with E-state index in [4.69, 9.17) is 9.72 Å². The number of fused-ring (bicyclic) bond motifs is 1. The Bertz CT molecular complexity index is 918. The summed E-state index contributed by atoms with van der Waals surface area (Å²) in [5.74, 6) is 1.67. The van der Waals surface area contributed by atoms with Gasteiger partial charge in [-0.05, 0) is 61.0 Å². The lowest BCUT2D eigenvalue weighted by Gasteiger charge is -2.37. The lowest BCUT2D eigenvalue weighted by atomic mass is 10.1. The van der Waals surface area contributed by atoms with Gasteiger partial charge < -0.3 is 14.5 Å². The van der Waals surface area contributed by atoms with Crippen LogP contribution in [0.3, 0.4) is 0 Å². The SMILES string of the molecule is COc1ccc2nc(N3CCN(c4ccc(F)cc4)CC3)cc(C)c2c1. The Balaban J connectivity index is 1.53. The van der Waals surface area contributed by atoms with E-state index in [0.29, 0.717) is 0 Å². The van der Waals surface area contributed by atoms with Crippen molar-refractivity contribution in [3.05, 3.63) is 59.9 Å². The fourth-order valence-corrected chi connectivity index (χ4v) is 3.49. The van der Waals surface area contributed by atoms with E-state index in [2.05, 4.69) is 22.8 Å². The third-order valence-corrected chi connectivity index (χ3v) is 5.00. The minimum absolute atomic E-state index is 0.195. The maximum atomic E-state index is 13.1. The standard InChI is InChI=1S/C21H22FN3O/c1-15-13-21(23-20-8-7-18(26-2)14-19(15)20)25-11-9-24(10-12-25)17-5-3-16(22)4-6-17/h3-8,13-14H,9-12H2,1-2H3. The molecule has 1 saturated heterocycles.